The van der Waals surface area contributed by atoms with Gasteiger partial charge >= 0.3 is 12.1 Å². The Morgan fingerprint density at radius 2 is 1.77 bits per heavy atom. The highest BCUT2D eigenvalue weighted by atomic mass is 16.8. The number of nitrogens with zero attached hydrogens (tertiary/aromatic N) is 2. The van der Waals surface area contributed by atoms with Crippen LogP contribution < -0.4 is 4.74 Å². The van der Waals surface area contributed by atoms with Gasteiger partial charge in [-0.15, -0.1) is 5.10 Å². The van der Waals surface area contributed by atoms with Crippen molar-refractivity contribution in [3.63, 3.8) is 0 Å². The minimum atomic E-state index is -2.37. The quantitative estimate of drug-likeness (QED) is 0.591. The average molecular weight is 360 g/mol. The first-order chi connectivity index (χ1) is 11.8. The van der Waals surface area contributed by atoms with Gasteiger partial charge in [0.05, 0.1) is 0 Å². The number of aliphatic hydroxyl groups is 2. The van der Waals surface area contributed by atoms with Gasteiger partial charge in [-0.25, -0.2) is 4.79 Å². The monoisotopic (exact) mass is 360 g/mol. The van der Waals surface area contributed by atoms with Crippen LogP contribution in [-0.2, 0) is 4.74 Å². The predicted molar refractivity (Wildman–Crippen MR) is 98.3 cm³/mol. The molecule has 3 fully saturated rings. The van der Waals surface area contributed by atoms with Crippen LogP contribution in [0.3, 0.4) is 0 Å². The lowest BCUT2D eigenvalue weighted by Gasteiger charge is -2.38. The summed E-state index contributed by atoms with van der Waals surface area (Å²) in [6.45, 7) is 5.29. The molecule has 3 aliphatic rings. The van der Waals surface area contributed by atoms with Crippen molar-refractivity contribution in [1.29, 1.82) is 0 Å². The summed E-state index contributed by atoms with van der Waals surface area (Å²) in [6.07, 6.45) is 5.42. The molecule has 3 aliphatic carbocycles. The molecule has 3 saturated carbocycles. The van der Waals surface area contributed by atoms with Crippen LogP contribution >= 0.6 is 0 Å². The zero-order valence-corrected chi connectivity index (χ0v) is 16.1. The molecule has 9 heteroatoms. The Hall–Kier alpha value is -1.47. The lowest BCUT2D eigenvalue weighted by molar-refractivity contribution is -0.307. The van der Waals surface area contributed by atoms with Crippen molar-refractivity contribution in [1.82, 2.24) is 9.78 Å². The van der Waals surface area contributed by atoms with E-state index in [0.717, 1.165) is 4.68 Å². The van der Waals surface area contributed by atoms with Gasteiger partial charge in [-0.05, 0) is 63.2 Å². The SMILES string of the molecule is BC(B)(C1C2(CC2)C12CC2)C(O)(O)Oc1ccn(C(=O)OC(C)(C)C)n1. The molecule has 7 nitrogen and oxygen atoms in total. The van der Waals surface area contributed by atoms with E-state index in [1.54, 1.807) is 20.8 Å². The van der Waals surface area contributed by atoms with Gasteiger partial charge in [-0.1, -0.05) is 0 Å². The van der Waals surface area contributed by atoms with Crippen LogP contribution in [0, 0.1) is 16.7 Å². The number of aromatic nitrogens is 2. The third kappa shape index (κ3) is 2.43. The van der Waals surface area contributed by atoms with Gasteiger partial charge in [-0.3, -0.25) is 0 Å². The highest BCUT2D eigenvalue weighted by molar-refractivity contribution is 6.41. The fourth-order valence-electron chi connectivity index (χ4n) is 5.20. The van der Waals surface area contributed by atoms with E-state index < -0.39 is 22.9 Å². The van der Waals surface area contributed by atoms with Crippen LogP contribution in [0.2, 0.25) is 5.21 Å². The zero-order chi connectivity index (χ0) is 19.2. The van der Waals surface area contributed by atoms with Crippen molar-refractivity contribution in [2.75, 3.05) is 0 Å². The van der Waals surface area contributed by atoms with Gasteiger partial charge in [0, 0.05) is 17.5 Å². The number of ether oxygens (including phenoxy) is 2. The van der Waals surface area contributed by atoms with E-state index in [9.17, 15) is 15.0 Å². The molecule has 1 heterocycles. The van der Waals surface area contributed by atoms with Crippen LogP contribution in [0.4, 0.5) is 4.79 Å². The molecule has 0 aromatic carbocycles. The molecule has 2 spiro atoms. The maximum atomic E-state index is 12.0. The van der Waals surface area contributed by atoms with Crippen molar-refractivity contribution < 1.29 is 24.5 Å². The number of hydrogen-bond donors (Lipinski definition) is 2. The van der Waals surface area contributed by atoms with Gasteiger partial charge in [-0.2, -0.15) is 4.68 Å². The molecule has 4 rings (SSSR count). The van der Waals surface area contributed by atoms with E-state index in [4.69, 9.17) is 9.47 Å². The molecular weight excluding hydrogens is 334 g/mol. The Morgan fingerprint density at radius 3 is 2.23 bits per heavy atom. The van der Waals surface area contributed by atoms with Crippen molar-refractivity contribution in [2.45, 2.75) is 63.2 Å². The Balaban J connectivity index is 1.48. The standard InChI is InChI=1S/C17H26B2N2O5/c1-13(2,3)26-12(22)21-9-4-10(20-21)25-17(23,24)16(18,19)11-14(5-6-14)15(11)7-8-15/h4,9,11,23-24H,5-8,18-19H2,1-3H3. The Morgan fingerprint density at radius 1 is 1.23 bits per heavy atom. The first-order valence-corrected chi connectivity index (χ1v) is 9.28. The molecule has 0 bridgehead atoms. The van der Waals surface area contributed by atoms with E-state index in [-0.39, 0.29) is 11.8 Å². The lowest BCUT2D eigenvalue weighted by Crippen LogP contribution is -2.51. The Labute approximate surface area is 154 Å². The molecule has 1 aromatic rings. The molecular formula is C17H26B2N2O5. The van der Waals surface area contributed by atoms with Gasteiger partial charge < -0.3 is 19.7 Å². The Kier molecular flexibility index (Phi) is 3.36. The zero-order valence-electron chi connectivity index (χ0n) is 16.1. The first-order valence-electron chi connectivity index (χ1n) is 9.28. The number of fused-ring (bicyclic) bond motifs is 1. The second kappa shape index (κ2) is 4.87. The third-order valence-corrected chi connectivity index (χ3v) is 6.54. The topological polar surface area (TPSA) is 93.8 Å². The summed E-state index contributed by atoms with van der Waals surface area (Å²) in [5.74, 6) is -2.15. The van der Waals surface area contributed by atoms with Crippen molar-refractivity contribution >= 4 is 21.8 Å². The molecule has 0 saturated heterocycles. The van der Waals surface area contributed by atoms with E-state index >= 15 is 0 Å². The van der Waals surface area contributed by atoms with E-state index in [0.29, 0.717) is 10.8 Å². The van der Waals surface area contributed by atoms with E-state index in [2.05, 4.69) is 5.10 Å². The minimum absolute atomic E-state index is 0.0238. The van der Waals surface area contributed by atoms with Crippen LogP contribution in [0.25, 0.3) is 0 Å². The summed E-state index contributed by atoms with van der Waals surface area (Å²) in [7, 11) is 3.69. The molecule has 0 amide bonds. The molecule has 0 unspecified atom stereocenters. The normalized spacial score (nSPS) is 23.1. The highest BCUT2D eigenvalue weighted by Crippen LogP contribution is 2.96. The Bertz CT molecular complexity index is 741. The molecule has 0 aliphatic heterocycles. The summed E-state index contributed by atoms with van der Waals surface area (Å²) in [5, 5.41) is 24.6. The molecule has 0 atom stereocenters. The van der Waals surface area contributed by atoms with Crippen molar-refractivity contribution in [3.8, 4) is 5.88 Å². The number of carbonyl (C=O) groups is 1. The highest BCUT2D eigenvalue weighted by Gasteiger charge is 2.90. The summed E-state index contributed by atoms with van der Waals surface area (Å²) < 4.78 is 11.7. The van der Waals surface area contributed by atoms with Gasteiger partial charge in [0.2, 0.25) is 5.88 Å². The minimum Gasteiger partial charge on any atom is -0.442 e. The van der Waals surface area contributed by atoms with Crippen molar-refractivity contribution in [3.05, 3.63) is 12.3 Å². The van der Waals surface area contributed by atoms with Crippen LogP contribution in [0.5, 0.6) is 5.88 Å². The number of hydrogen-bond acceptors (Lipinski definition) is 6. The summed E-state index contributed by atoms with van der Waals surface area (Å²) in [4.78, 5) is 12.0. The lowest BCUT2D eigenvalue weighted by atomic mass is 9.48. The largest absolute Gasteiger partial charge is 0.442 e. The number of rotatable bonds is 4. The first kappa shape index (κ1) is 17.9. The van der Waals surface area contributed by atoms with Gasteiger partial charge in [0.25, 0.3) is 0 Å². The number of carbonyl (C=O) groups excluding carboxylic acids is 1. The summed E-state index contributed by atoms with van der Waals surface area (Å²) in [5.41, 5.74) is -0.0498. The second-order valence-corrected chi connectivity index (χ2v) is 9.76. The van der Waals surface area contributed by atoms with Gasteiger partial charge in [0.15, 0.2) is 0 Å². The van der Waals surface area contributed by atoms with Crippen LogP contribution in [0.1, 0.15) is 46.5 Å². The predicted octanol–water partition coefficient (Wildman–Crippen LogP) is 0.256. The third-order valence-electron chi connectivity index (χ3n) is 6.54. The van der Waals surface area contributed by atoms with Crippen LogP contribution in [-0.4, -0.2) is 53.4 Å². The summed E-state index contributed by atoms with van der Waals surface area (Å²) >= 11 is 0. The fraction of sp³-hybridized carbons (Fsp3) is 0.765. The van der Waals surface area contributed by atoms with E-state index in [1.165, 1.54) is 37.9 Å². The molecule has 1 aromatic heterocycles. The fourth-order valence-corrected chi connectivity index (χ4v) is 5.20. The summed E-state index contributed by atoms with van der Waals surface area (Å²) in [6, 6.07) is 1.42. The average Bonchev–Trinajstić information content (AvgIpc) is 3.42. The molecule has 0 radical (unpaired) electrons. The molecule has 140 valence electrons. The van der Waals surface area contributed by atoms with Crippen LogP contribution in [0.15, 0.2) is 12.3 Å². The van der Waals surface area contributed by atoms with E-state index in [1.807, 2.05) is 15.7 Å². The molecule has 2 N–H and O–H groups in total. The van der Waals surface area contributed by atoms with Crippen molar-refractivity contribution in [2.24, 2.45) is 16.7 Å². The second-order valence-electron chi connectivity index (χ2n) is 9.76. The molecule has 26 heavy (non-hydrogen) atoms. The smallest absolute Gasteiger partial charge is 0.435 e. The maximum absolute atomic E-state index is 12.0. The van der Waals surface area contributed by atoms with Gasteiger partial charge in [0.1, 0.15) is 21.3 Å². The maximum Gasteiger partial charge on any atom is 0.435 e.